The lowest BCUT2D eigenvalue weighted by molar-refractivity contribution is -0.141. The average Bonchev–Trinajstić information content (AvgIpc) is 2.96. The van der Waals surface area contributed by atoms with Gasteiger partial charge in [-0.3, -0.25) is 4.79 Å². The molecule has 0 bridgehead atoms. The number of likely N-dealkylation sites (tertiary alicyclic amines) is 1. The van der Waals surface area contributed by atoms with Gasteiger partial charge in [-0.15, -0.1) is 0 Å². The predicted molar refractivity (Wildman–Crippen MR) is 67.0 cm³/mol. The summed E-state index contributed by atoms with van der Waals surface area (Å²) in [6.45, 7) is -0.339. The summed E-state index contributed by atoms with van der Waals surface area (Å²) in [5.74, 6) is -0.499. The summed E-state index contributed by atoms with van der Waals surface area (Å²) in [6.07, 6.45) is -3.11. The number of hydrogen-bond acceptors (Lipinski definition) is 4. The maximum atomic E-state index is 12.4. The van der Waals surface area contributed by atoms with E-state index in [1.807, 2.05) is 0 Å². The molecule has 0 aliphatic carbocycles. The second kappa shape index (κ2) is 6.02. The molecule has 118 valence electrons. The van der Waals surface area contributed by atoms with Crippen molar-refractivity contribution in [2.24, 2.45) is 5.73 Å². The molecule has 6 nitrogen and oxygen atoms in total. The summed E-state index contributed by atoms with van der Waals surface area (Å²) in [5.41, 5.74) is 5.68. The summed E-state index contributed by atoms with van der Waals surface area (Å²) in [6, 6.07) is -0.0849. The minimum absolute atomic E-state index is 0.0849. The number of imidazole rings is 1. The number of aromatic nitrogens is 2. The lowest BCUT2D eigenvalue weighted by atomic mass is 10.2. The standard InChI is InChI=1S/C12H17F3N4O2/c13-12(14,15)7-19-4-2-17-11(19)9(20)5-10(21)18-3-1-8(16)6-18/h2,4,8-9,20H,1,3,5-7,16H2. The van der Waals surface area contributed by atoms with E-state index in [0.717, 1.165) is 10.8 Å². The summed E-state index contributed by atoms with van der Waals surface area (Å²) in [4.78, 5) is 17.2. The van der Waals surface area contributed by atoms with Gasteiger partial charge in [0.15, 0.2) is 0 Å². The highest BCUT2D eigenvalue weighted by molar-refractivity contribution is 5.77. The molecule has 0 spiro atoms. The molecule has 2 heterocycles. The predicted octanol–water partition coefficient (Wildman–Crippen LogP) is 0.428. The molecule has 1 aliphatic rings. The summed E-state index contributed by atoms with van der Waals surface area (Å²) in [5, 5.41) is 9.95. The van der Waals surface area contributed by atoms with E-state index in [2.05, 4.69) is 4.98 Å². The van der Waals surface area contributed by atoms with Gasteiger partial charge < -0.3 is 20.3 Å². The van der Waals surface area contributed by atoms with Gasteiger partial charge in [0.2, 0.25) is 5.91 Å². The van der Waals surface area contributed by atoms with E-state index in [0.29, 0.717) is 19.5 Å². The highest BCUT2D eigenvalue weighted by Gasteiger charge is 2.31. The van der Waals surface area contributed by atoms with Crippen LogP contribution in [0, 0.1) is 0 Å². The second-order valence-electron chi connectivity index (χ2n) is 5.14. The molecule has 0 saturated carbocycles. The molecule has 1 saturated heterocycles. The van der Waals surface area contributed by atoms with Crippen LogP contribution in [0.25, 0.3) is 0 Å². The molecule has 1 aromatic rings. The zero-order chi connectivity index (χ0) is 15.6. The maximum absolute atomic E-state index is 12.4. The van der Waals surface area contributed by atoms with Crippen LogP contribution in [0.4, 0.5) is 13.2 Å². The van der Waals surface area contributed by atoms with E-state index in [1.54, 1.807) is 0 Å². The molecular weight excluding hydrogens is 289 g/mol. The summed E-state index contributed by atoms with van der Waals surface area (Å²) >= 11 is 0. The van der Waals surface area contributed by atoms with Crippen molar-refractivity contribution in [1.29, 1.82) is 0 Å². The Morgan fingerprint density at radius 2 is 2.29 bits per heavy atom. The number of halogens is 3. The summed E-state index contributed by atoms with van der Waals surface area (Å²) in [7, 11) is 0. The first-order valence-corrected chi connectivity index (χ1v) is 6.55. The van der Waals surface area contributed by atoms with Crippen molar-refractivity contribution in [3.05, 3.63) is 18.2 Å². The van der Waals surface area contributed by atoms with Gasteiger partial charge in [-0.2, -0.15) is 13.2 Å². The number of hydrogen-bond donors (Lipinski definition) is 2. The lowest BCUT2D eigenvalue weighted by Gasteiger charge is -2.19. The molecule has 2 unspecified atom stereocenters. The first-order valence-electron chi connectivity index (χ1n) is 6.55. The average molecular weight is 306 g/mol. The Labute approximate surface area is 119 Å². The Kier molecular flexibility index (Phi) is 4.52. The number of amides is 1. The third kappa shape index (κ3) is 4.18. The third-order valence-corrected chi connectivity index (χ3v) is 3.34. The quantitative estimate of drug-likeness (QED) is 0.845. The smallest absolute Gasteiger partial charge is 0.385 e. The van der Waals surface area contributed by atoms with Crippen LogP contribution in [0.2, 0.25) is 0 Å². The molecule has 9 heteroatoms. The van der Waals surface area contributed by atoms with Crippen LogP contribution < -0.4 is 5.73 Å². The van der Waals surface area contributed by atoms with Gasteiger partial charge in [0, 0.05) is 31.5 Å². The first-order chi connectivity index (χ1) is 9.76. The second-order valence-corrected chi connectivity index (χ2v) is 5.14. The molecular formula is C12H17F3N4O2. The van der Waals surface area contributed by atoms with Crippen LogP contribution in [0.1, 0.15) is 24.8 Å². The lowest BCUT2D eigenvalue weighted by Crippen LogP contribution is -2.33. The van der Waals surface area contributed by atoms with Gasteiger partial charge in [-0.05, 0) is 6.42 Å². The third-order valence-electron chi connectivity index (χ3n) is 3.34. The minimum Gasteiger partial charge on any atom is -0.385 e. The Hall–Kier alpha value is -1.61. The van der Waals surface area contributed by atoms with Crippen molar-refractivity contribution < 1.29 is 23.1 Å². The van der Waals surface area contributed by atoms with E-state index < -0.39 is 18.8 Å². The van der Waals surface area contributed by atoms with Crippen LogP contribution in [0.5, 0.6) is 0 Å². The number of aliphatic hydroxyl groups excluding tert-OH is 1. The SMILES string of the molecule is NC1CCN(C(=O)CC(O)c2nccn2CC(F)(F)F)C1. The Morgan fingerprint density at radius 1 is 1.57 bits per heavy atom. The minimum atomic E-state index is -4.42. The molecule has 2 rings (SSSR count). The van der Waals surface area contributed by atoms with E-state index in [1.165, 1.54) is 11.1 Å². The van der Waals surface area contributed by atoms with Crippen molar-refractivity contribution in [2.45, 2.75) is 37.7 Å². The number of carbonyl (C=O) groups excluding carboxylic acids is 1. The largest absolute Gasteiger partial charge is 0.406 e. The normalized spacial score (nSPS) is 20.8. The van der Waals surface area contributed by atoms with Gasteiger partial charge >= 0.3 is 6.18 Å². The fraction of sp³-hybridized carbons (Fsp3) is 0.667. The highest BCUT2D eigenvalue weighted by Crippen LogP contribution is 2.23. The van der Waals surface area contributed by atoms with Crippen LogP contribution in [-0.2, 0) is 11.3 Å². The van der Waals surface area contributed by atoms with Crippen LogP contribution in [0.15, 0.2) is 12.4 Å². The Bertz CT molecular complexity index is 503. The van der Waals surface area contributed by atoms with Crippen LogP contribution >= 0.6 is 0 Å². The van der Waals surface area contributed by atoms with Crippen LogP contribution in [0.3, 0.4) is 0 Å². The van der Waals surface area contributed by atoms with Crippen molar-refractivity contribution in [2.75, 3.05) is 13.1 Å². The van der Waals surface area contributed by atoms with Crippen molar-refractivity contribution in [3.63, 3.8) is 0 Å². The first kappa shape index (κ1) is 15.8. The van der Waals surface area contributed by atoms with Gasteiger partial charge in [0.25, 0.3) is 0 Å². The molecule has 0 radical (unpaired) electrons. The Balaban J connectivity index is 1.99. The number of nitrogens with zero attached hydrogens (tertiary/aromatic N) is 3. The number of alkyl halides is 3. The topological polar surface area (TPSA) is 84.4 Å². The van der Waals surface area contributed by atoms with E-state index in [-0.39, 0.29) is 24.2 Å². The zero-order valence-corrected chi connectivity index (χ0v) is 11.3. The number of carbonyl (C=O) groups is 1. The molecule has 21 heavy (non-hydrogen) atoms. The fourth-order valence-electron chi connectivity index (χ4n) is 2.34. The van der Waals surface area contributed by atoms with E-state index in [4.69, 9.17) is 5.73 Å². The number of rotatable bonds is 4. The molecule has 1 aromatic heterocycles. The van der Waals surface area contributed by atoms with Gasteiger partial charge in [-0.25, -0.2) is 4.98 Å². The maximum Gasteiger partial charge on any atom is 0.406 e. The number of aliphatic hydroxyl groups is 1. The fourth-order valence-corrected chi connectivity index (χ4v) is 2.34. The molecule has 1 amide bonds. The van der Waals surface area contributed by atoms with Gasteiger partial charge in [-0.1, -0.05) is 0 Å². The van der Waals surface area contributed by atoms with E-state index >= 15 is 0 Å². The van der Waals surface area contributed by atoms with Gasteiger partial charge in [0.05, 0.1) is 6.42 Å². The van der Waals surface area contributed by atoms with Crippen molar-refractivity contribution in [3.8, 4) is 0 Å². The molecule has 3 N–H and O–H groups in total. The summed E-state index contributed by atoms with van der Waals surface area (Å²) < 4.78 is 38.0. The van der Waals surface area contributed by atoms with Crippen LogP contribution in [-0.4, -0.2) is 50.8 Å². The molecule has 0 aromatic carbocycles. The zero-order valence-electron chi connectivity index (χ0n) is 11.3. The number of nitrogens with two attached hydrogens (primary N) is 1. The van der Waals surface area contributed by atoms with Crippen molar-refractivity contribution in [1.82, 2.24) is 14.5 Å². The molecule has 1 fully saturated rings. The molecule has 2 atom stereocenters. The van der Waals surface area contributed by atoms with Gasteiger partial charge in [0.1, 0.15) is 18.5 Å². The molecule has 1 aliphatic heterocycles. The van der Waals surface area contributed by atoms with Crippen molar-refractivity contribution >= 4 is 5.91 Å². The van der Waals surface area contributed by atoms with E-state index in [9.17, 15) is 23.1 Å². The highest BCUT2D eigenvalue weighted by atomic mass is 19.4. The monoisotopic (exact) mass is 306 g/mol. The Morgan fingerprint density at radius 3 is 2.86 bits per heavy atom.